The monoisotopic (exact) mass is 581 g/mol. The van der Waals surface area contributed by atoms with Crippen molar-refractivity contribution in [2.24, 2.45) is 0 Å². The third kappa shape index (κ3) is 8.00. The van der Waals surface area contributed by atoms with Gasteiger partial charge in [-0.3, -0.25) is 13.9 Å². The van der Waals surface area contributed by atoms with Gasteiger partial charge in [-0.2, -0.15) is 0 Å². The van der Waals surface area contributed by atoms with Crippen LogP contribution in [0.2, 0.25) is 0 Å². The van der Waals surface area contributed by atoms with Gasteiger partial charge in [0, 0.05) is 12.6 Å². The lowest BCUT2D eigenvalue weighted by atomic mass is 10.1. The van der Waals surface area contributed by atoms with Gasteiger partial charge < -0.3 is 19.7 Å². The predicted molar refractivity (Wildman–Crippen MR) is 160 cm³/mol. The molecule has 0 spiro atoms. The van der Waals surface area contributed by atoms with E-state index in [1.165, 1.54) is 24.1 Å². The van der Waals surface area contributed by atoms with Crippen molar-refractivity contribution in [2.75, 3.05) is 25.1 Å². The molecule has 0 unspecified atom stereocenters. The van der Waals surface area contributed by atoms with Crippen LogP contribution in [0.3, 0.4) is 0 Å². The van der Waals surface area contributed by atoms with Crippen molar-refractivity contribution >= 4 is 27.5 Å². The third-order valence-electron chi connectivity index (χ3n) is 6.58. The summed E-state index contributed by atoms with van der Waals surface area (Å²) in [6.45, 7) is 6.98. The lowest BCUT2D eigenvalue weighted by Crippen LogP contribution is -2.53. The smallest absolute Gasteiger partial charge is 0.264 e. The fraction of sp³-hybridized carbons (Fsp3) is 0.355. The zero-order valence-corrected chi connectivity index (χ0v) is 25.3. The lowest BCUT2D eigenvalue weighted by Gasteiger charge is -2.33. The van der Waals surface area contributed by atoms with Gasteiger partial charge in [0.1, 0.15) is 24.1 Å². The standard InChI is InChI=1S/C31H39N3O6S/c1-7-29(31(36)32-22(2)3)33(20-24-10-14-26(39-5)15-11-24)30(35)21-34(25-12-16-27(40-6)17-13-25)41(37,38)28-18-8-23(4)9-19-28/h8-19,22,29H,7,20-21H2,1-6H3,(H,32,36)/t29-/m1/s1. The molecule has 41 heavy (non-hydrogen) atoms. The van der Waals surface area contributed by atoms with Crippen molar-refractivity contribution in [3.63, 3.8) is 0 Å². The molecular weight excluding hydrogens is 542 g/mol. The van der Waals surface area contributed by atoms with Crippen LogP contribution in [0.1, 0.15) is 38.3 Å². The fourth-order valence-electron chi connectivity index (χ4n) is 4.34. The molecule has 220 valence electrons. The first-order valence-electron chi connectivity index (χ1n) is 13.5. The van der Waals surface area contributed by atoms with Gasteiger partial charge in [-0.15, -0.1) is 0 Å². The van der Waals surface area contributed by atoms with E-state index in [0.717, 1.165) is 15.4 Å². The van der Waals surface area contributed by atoms with Crippen molar-refractivity contribution in [2.45, 2.75) is 57.6 Å². The Bertz CT molecular complexity index is 1410. The second-order valence-electron chi connectivity index (χ2n) is 9.98. The Balaban J connectivity index is 2.06. The molecule has 3 rings (SSSR count). The number of carbonyl (C=O) groups excluding carboxylic acids is 2. The highest BCUT2D eigenvalue weighted by Crippen LogP contribution is 2.27. The molecule has 0 radical (unpaired) electrons. The van der Waals surface area contributed by atoms with Gasteiger partial charge in [-0.25, -0.2) is 8.42 Å². The number of rotatable bonds is 13. The number of benzene rings is 3. The highest BCUT2D eigenvalue weighted by Gasteiger charge is 2.33. The molecule has 0 aliphatic rings. The van der Waals surface area contributed by atoms with Gasteiger partial charge in [0.2, 0.25) is 11.8 Å². The number of nitrogens with one attached hydrogen (secondary N) is 1. The minimum atomic E-state index is -4.14. The molecule has 9 nitrogen and oxygen atoms in total. The molecule has 0 saturated heterocycles. The van der Waals surface area contributed by atoms with Crippen molar-refractivity contribution < 1.29 is 27.5 Å². The molecule has 2 amide bonds. The molecule has 1 atom stereocenters. The molecule has 3 aromatic rings. The summed E-state index contributed by atoms with van der Waals surface area (Å²) in [5.74, 6) is 0.385. The molecule has 0 aromatic heterocycles. The van der Waals surface area contributed by atoms with Gasteiger partial charge in [-0.1, -0.05) is 36.8 Å². The van der Waals surface area contributed by atoms with Crippen LogP contribution in [0.25, 0.3) is 0 Å². The van der Waals surface area contributed by atoms with Crippen LogP contribution in [-0.2, 0) is 26.2 Å². The summed E-state index contributed by atoms with van der Waals surface area (Å²) in [7, 11) is -1.06. The van der Waals surface area contributed by atoms with Crippen LogP contribution < -0.4 is 19.1 Å². The van der Waals surface area contributed by atoms with Gasteiger partial charge in [0.15, 0.2) is 0 Å². The lowest BCUT2D eigenvalue weighted by molar-refractivity contribution is -0.140. The Kier molecular flexibility index (Phi) is 10.8. The predicted octanol–water partition coefficient (Wildman–Crippen LogP) is 4.54. The van der Waals surface area contributed by atoms with Gasteiger partial charge in [0.05, 0.1) is 24.8 Å². The summed E-state index contributed by atoms with van der Waals surface area (Å²) in [5.41, 5.74) is 1.97. The molecule has 0 saturated carbocycles. The average molecular weight is 582 g/mol. The number of nitrogens with zero attached hydrogens (tertiary/aromatic N) is 2. The van der Waals surface area contributed by atoms with E-state index in [9.17, 15) is 18.0 Å². The van der Waals surface area contributed by atoms with E-state index in [2.05, 4.69) is 5.32 Å². The maximum atomic E-state index is 14.1. The second-order valence-corrected chi connectivity index (χ2v) is 11.8. The minimum Gasteiger partial charge on any atom is -0.497 e. The molecule has 1 N–H and O–H groups in total. The van der Waals surface area contributed by atoms with Crippen molar-refractivity contribution in [3.8, 4) is 11.5 Å². The highest BCUT2D eigenvalue weighted by atomic mass is 32.2. The quantitative estimate of drug-likeness (QED) is 0.318. The Morgan fingerprint density at radius 2 is 1.39 bits per heavy atom. The summed E-state index contributed by atoms with van der Waals surface area (Å²) in [5, 5.41) is 2.89. The topological polar surface area (TPSA) is 105 Å². The van der Waals surface area contributed by atoms with Crippen LogP contribution in [0, 0.1) is 6.92 Å². The number of anilines is 1. The third-order valence-corrected chi connectivity index (χ3v) is 8.37. The Labute approximate surface area is 243 Å². The number of hydrogen-bond acceptors (Lipinski definition) is 6. The summed E-state index contributed by atoms with van der Waals surface area (Å²) >= 11 is 0. The molecule has 0 aliphatic carbocycles. The summed E-state index contributed by atoms with van der Waals surface area (Å²) < 4.78 is 39.4. The summed E-state index contributed by atoms with van der Waals surface area (Å²) in [6, 6.07) is 19.2. The molecule has 10 heteroatoms. The number of ether oxygens (including phenoxy) is 2. The number of hydrogen-bond donors (Lipinski definition) is 1. The Morgan fingerprint density at radius 3 is 1.88 bits per heavy atom. The molecule has 3 aromatic carbocycles. The summed E-state index contributed by atoms with van der Waals surface area (Å²) in [4.78, 5) is 28.8. The van der Waals surface area contributed by atoms with E-state index >= 15 is 0 Å². The van der Waals surface area contributed by atoms with Gasteiger partial charge in [-0.05, 0) is 81.3 Å². The van der Waals surface area contributed by atoms with Crippen LogP contribution in [-0.4, -0.2) is 58.0 Å². The van der Waals surface area contributed by atoms with Gasteiger partial charge >= 0.3 is 0 Å². The first kappa shape index (κ1) is 31.5. The van der Waals surface area contributed by atoms with E-state index < -0.39 is 28.5 Å². The zero-order valence-electron chi connectivity index (χ0n) is 24.5. The largest absolute Gasteiger partial charge is 0.497 e. The summed E-state index contributed by atoms with van der Waals surface area (Å²) in [6.07, 6.45) is 0.341. The van der Waals surface area contributed by atoms with Gasteiger partial charge in [0.25, 0.3) is 10.0 Å². The zero-order chi connectivity index (χ0) is 30.2. The number of carbonyl (C=O) groups is 2. The molecule has 0 fully saturated rings. The highest BCUT2D eigenvalue weighted by molar-refractivity contribution is 7.92. The average Bonchev–Trinajstić information content (AvgIpc) is 2.96. The first-order valence-corrected chi connectivity index (χ1v) is 14.9. The molecular formula is C31H39N3O6S. The van der Waals surface area contributed by atoms with Crippen LogP contribution in [0.4, 0.5) is 5.69 Å². The fourth-order valence-corrected chi connectivity index (χ4v) is 5.76. The molecule has 0 heterocycles. The van der Waals surface area contributed by atoms with Crippen LogP contribution in [0.5, 0.6) is 11.5 Å². The van der Waals surface area contributed by atoms with Crippen molar-refractivity contribution in [1.29, 1.82) is 0 Å². The Hall–Kier alpha value is -4.05. The normalized spacial score (nSPS) is 12.0. The maximum Gasteiger partial charge on any atom is 0.264 e. The molecule has 0 bridgehead atoms. The van der Waals surface area contributed by atoms with E-state index in [1.807, 2.05) is 39.8 Å². The SMILES string of the molecule is CC[C@H](C(=O)NC(C)C)N(Cc1ccc(OC)cc1)C(=O)CN(c1ccc(OC)cc1)S(=O)(=O)c1ccc(C)cc1. The minimum absolute atomic E-state index is 0.0537. The van der Waals surface area contributed by atoms with Crippen molar-refractivity contribution in [3.05, 3.63) is 83.9 Å². The number of methoxy groups -OCH3 is 2. The van der Waals surface area contributed by atoms with Crippen LogP contribution >= 0.6 is 0 Å². The first-order chi connectivity index (χ1) is 19.5. The number of amides is 2. The second kappa shape index (κ2) is 14.0. The maximum absolute atomic E-state index is 14.1. The van der Waals surface area contributed by atoms with Crippen molar-refractivity contribution in [1.82, 2.24) is 10.2 Å². The van der Waals surface area contributed by atoms with E-state index in [-0.39, 0.29) is 23.4 Å². The van der Waals surface area contributed by atoms with Crippen LogP contribution in [0.15, 0.2) is 77.7 Å². The van der Waals surface area contributed by atoms with E-state index in [0.29, 0.717) is 23.6 Å². The molecule has 0 aliphatic heterocycles. The number of sulfonamides is 1. The van der Waals surface area contributed by atoms with E-state index in [1.54, 1.807) is 55.6 Å². The number of aryl methyl sites for hydroxylation is 1. The van der Waals surface area contributed by atoms with E-state index in [4.69, 9.17) is 9.47 Å². The Morgan fingerprint density at radius 1 is 0.854 bits per heavy atom.